The first-order valence-corrected chi connectivity index (χ1v) is 7.47. The van der Waals surface area contributed by atoms with Crippen LogP contribution in [-0.2, 0) is 5.41 Å². The standard InChI is InChI=1S/C19H22O2/c1-13-15(6-5-7-16(13)19(2,3)4)14-8-9-17-18(12-14)21-11-10-20-17/h5-9,12H,10-11H2,1-4H3. The van der Waals surface area contributed by atoms with Crippen molar-refractivity contribution < 1.29 is 9.47 Å². The molecule has 0 atom stereocenters. The Kier molecular flexibility index (Phi) is 3.40. The first-order chi connectivity index (χ1) is 9.97. The van der Waals surface area contributed by atoms with Gasteiger partial charge in [0.1, 0.15) is 13.2 Å². The third kappa shape index (κ3) is 2.63. The van der Waals surface area contributed by atoms with E-state index in [0.717, 1.165) is 11.5 Å². The predicted molar refractivity (Wildman–Crippen MR) is 86.3 cm³/mol. The minimum atomic E-state index is 0.147. The fraction of sp³-hybridized carbons (Fsp3) is 0.368. The van der Waals surface area contributed by atoms with E-state index in [9.17, 15) is 0 Å². The average Bonchev–Trinajstić information content (AvgIpc) is 2.46. The molecule has 3 rings (SSSR count). The van der Waals surface area contributed by atoms with E-state index in [1.807, 2.05) is 6.07 Å². The van der Waals surface area contributed by atoms with Crippen LogP contribution in [0.1, 0.15) is 31.9 Å². The van der Waals surface area contributed by atoms with E-state index in [2.05, 4.69) is 58.0 Å². The van der Waals surface area contributed by atoms with Crippen molar-refractivity contribution in [2.24, 2.45) is 0 Å². The Hall–Kier alpha value is -1.96. The minimum absolute atomic E-state index is 0.147. The fourth-order valence-corrected chi connectivity index (χ4v) is 2.97. The molecule has 0 unspecified atom stereocenters. The van der Waals surface area contributed by atoms with Crippen LogP contribution in [0.25, 0.3) is 11.1 Å². The van der Waals surface area contributed by atoms with Gasteiger partial charge in [-0.1, -0.05) is 45.0 Å². The van der Waals surface area contributed by atoms with E-state index in [1.165, 1.54) is 22.3 Å². The zero-order chi connectivity index (χ0) is 15.0. The Morgan fingerprint density at radius 1 is 0.905 bits per heavy atom. The van der Waals surface area contributed by atoms with Gasteiger partial charge in [-0.2, -0.15) is 0 Å². The molecule has 0 fully saturated rings. The van der Waals surface area contributed by atoms with Gasteiger partial charge in [0, 0.05) is 0 Å². The van der Waals surface area contributed by atoms with Crippen LogP contribution in [0.2, 0.25) is 0 Å². The number of hydrogen-bond donors (Lipinski definition) is 0. The van der Waals surface area contributed by atoms with Crippen LogP contribution in [0.5, 0.6) is 11.5 Å². The fourth-order valence-electron chi connectivity index (χ4n) is 2.97. The summed E-state index contributed by atoms with van der Waals surface area (Å²) in [4.78, 5) is 0. The highest BCUT2D eigenvalue weighted by Gasteiger charge is 2.19. The van der Waals surface area contributed by atoms with E-state index >= 15 is 0 Å². The van der Waals surface area contributed by atoms with Crippen molar-refractivity contribution >= 4 is 0 Å². The first-order valence-electron chi connectivity index (χ1n) is 7.47. The molecule has 2 nitrogen and oxygen atoms in total. The van der Waals surface area contributed by atoms with Crippen LogP contribution in [0.3, 0.4) is 0 Å². The van der Waals surface area contributed by atoms with Gasteiger partial charge in [-0.15, -0.1) is 0 Å². The second kappa shape index (κ2) is 5.10. The maximum Gasteiger partial charge on any atom is 0.161 e. The molecule has 2 aromatic rings. The van der Waals surface area contributed by atoms with Crippen molar-refractivity contribution in [2.45, 2.75) is 33.1 Å². The van der Waals surface area contributed by atoms with E-state index in [0.29, 0.717) is 13.2 Å². The number of fused-ring (bicyclic) bond motifs is 1. The molecule has 1 aliphatic rings. The van der Waals surface area contributed by atoms with Gasteiger partial charge in [0.15, 0.2) is 11.5 Å². The zero-order valence-corrected chi connectivity index (χ0v) is 13.2. The molecule has 1 heterocycles. The van der Waals surface area contributed by atoms with Gasteiger partial charge in [0.05, 0.1) is 0 Å². The molecule has 0 saturated carbocycles. The number of ether oxygens (including phenoxy) is 2. The summed E-state index contributed by atoms with van der Waals surface area (Å²) in [6.07, 6.45) is 0. The highest BCUT2D eigenvalue weighted by atomic mass is 16.6. The van der Waals surface area contributed by atoms with Crippen molar-refractivity contribution in [3.8, 4) is 22.6 Å². The van der Waals surface area contributed by atoms with E-state index in [-0.39, 0.29) is 5.41 Å². The average molecular weight is 282 g/mol. The maximum absolute atomic E-state index is 5.70. The summed E-state index contributed by atoms with van der Waals surface area (Å²) in [6, 6.07) is 12.7. The third-order valence-corrected chi connectivity index (χ3v) is 3.99. The van der Waals surface area contributed by atoms with Crippen LogP contribution in [0, 0.1) is 6.92 Å². The Labute approximate surface area is 126 Å². The molecule has 2 aromatic carbocycles. The summed E-state index contributed by atoms with van der Waals surface area (Å²) in [6.45, 7) is 10.2. The first kappa shape index (κ1) is 14.0. The molecule has 0 radical (unpaired) electrons. The molecule has 2 heteroatoms. The highest BCUT2D eigenvalue weighted by molar-refractivity contribution is 5.71. The Balaban J connectivity index is 2.09. The van der Waals surface area contributed by atoms with Crippen molar-refractivity contribution in [1.82, 2.24) is 0 Å². The summed E-state index contributed by atoms with van der Waals surface area (Å²) in [5.41, 5.74) is 5.31. The zero-order valence-electron chi connectivity index (χ0n) is 13.2. The van der Waals surface area contributed by atoms with E-state index in [1.54, 1.807) is 0 Å². The molecule has 0 spiro atoms. The second-order valence-electron chi connectivity index (χ2n) is 6.59. The molecular weight excluding hydrogens is 260 g/mol. The van der Waals surface area contributed by atoms with Crippen molar-refractivity contribution in [2.75, 3.05) is 13.2 Å². The lowest BCUT2D eigenvalue weighted by Crippen LogP contribution is -2.15. The molecule has 0 amide bonds. The van der Waals surface area contributed by atoms with Gasteiger partial charge >= 0.3 is 0 Å². The molecular formula is C19H22O2. The number of rotatable bonds is 1. The SMILES string of the molecule is Cc1c(-c2ccc3c(c2)OCCO3)cccc1C(C)(C)C. The van der Waals surface area contributed by atoms with Crippen LogP contribution in [0.4, 0.5) is 0 Å². The van der Waals surface area contributed by atoms with Gasteiger partial charge in [-0.25, -0.2) is 0 Å². The molecule has 0 N–H and O–H groups in total. The summed E-state index contributed by atoms with van der Waals surface area (Å²) in [5, 5.41) is 0. The van der Waals surface area contributed by atoms with Crippen molar-refractivity contribution in [3.05, 3.63) is 47.5 Å². The molecule has 0 saturated heterocycles. The third-order valence-electron chi connectivity index (χ3n) is 3.99. The van der Waals surface area contributed by atoms with Crippen LogP contribution in [-0.4, -0.2) is 13.2 Å². The van der Waals surface area contributed by atoms with E-state index < -0.39 is 0 Å². The summed E-state index contributed by atoms with van der Waals surface area (Å²) < 4.78 is 11.3. The Bertz CT molecular complexity index is 666. The lowest BCUT2D eigenvalue weighted by molar-refractivity contribution is 0.171. The molecule has 0 aromatic heterocycles. The predicted octanol–water partition coefficient (Wildman–Crippen LogP) is 4.73. The number of hydrogen-bond acceptors (Lipinski definition) is 2. The van der Waals surface area contributed by atoms with Gasteiger partial charge in [-0.05, 0) is 46.7 Å². The quantitative estimate of drug-likeness (QED) is 0.752. The summed E-state index contributed by atoms with van der Waals surface area (Å²) in [7, 11) is 0. The smallest absolute Gasteiger partial charge is 0.161 e. The lowest BCUT2D eigenvalue weighted by atomic mass is 9.81. The molecule has 0 bridgehead atoms. The number of benzene rings is 2. The molecule has 0 aliphatic carbocycles. The summed E-state index contributed by atoms with van der Waals surface area (Å²) >= 11 is 0. The minimum Gasteiger partial charge on any atom is -0.486 e. The van der Waals surface area contributed by atoms with Gasteiger partial charge < -0.3 is 9.47 Å². The van der Waals surface area contributed by atoms with Crippen molar-refractivity contribution in [1.29, 1.82) is 0 Å². The van der Waals surface area contributed by atoms with Crippen molar-refractivity contribution in [3.63, 3.8) is 0 Å². The van der Waals surface area contributed by atoms with Gasteiger partial charge in [-0.3, -0.25) is 0 Å². The van der Waals surface area contributed by atoms with Crippen LogP contribution < -0.4 is 9.47 Å². The van der Waals surface area contributed by atoms with E-state index in [4.69, 9.17) is 9.47 Å². The monoisotopic (exact) mass is 282 g/mol. The Morgan fingerprint density at radius 2 is 1.62 bits per heavy atom. The highest BCUT2D eigenvalue weighted by Crippen LogP contribution is 2.37. The molecule has 1 aliphatic heterocycles. The van der Waals surface area contributed by atoms with Crippen LogP contribution >= 0.6 is 0 Å². The topological polar surface area (TPSA) is 18.5 Å². The molecule has 110 valence electrons. The van der Waals surface area contributed by atoms with Gasteiger partial charge in [0.2, 0.25) is 0 Å². The van der Waals surface area contributed by atoms with Crippen LogP contribution in [0.15, 0.2) is 36.4 Å². The summed E-state index contributed by atoms with van der Waals surface area (Å²) in [5.74, 6) is 1.69. The Morgan fingerprint density at radius 3 is 2.33 bits per heavy atom. The van der Waals surface area contributed by atoms with Gasteiger partial charge in [0.25, 0.3) is 0 Å². The lowest BCUT2D eigenvalue weighted by Gasteiger charge is -2.24. The second-order valence-corrected chi connectivity index (χ2v) is 6.59. The largest absolute Gasteiger partial charge is 0.486 e. The molecule has 21 heavy (non-hydrogen) atoms. The maximum atomic E-state index is 5.70. The normalized spacial score (nSPS) is 14.1.